The summed E-state index contributed by atoms with van der Waals surface area (Å²) in [6, 6.07) is 3.77. The van der Waals surface area contributed by atoms with Gasteiger partial charge in [0.2, 0.25) is 5.01 Å². The third kappa shape index (κ3) is 2.96. The molecule has 0 fully saturated rings. The topological polar surface area (TPSA) is 59.4 Å². The molecule has 0 radical (unpaired) electrons. The Balaban J connectivity index is 2.04. The van der Waals surface area contributed by atoms with Crippen molar-refractivity contribution in [1.29, 1.82) is 0 Å². The lowest BCUT2D eigenvalue weighted by atomic mass is 10.3. The van der Waals surface area contributed by atoms with Gasteiger partial charge in [-0.3, -0.25) is 0 Å². The average molecular weight is 288 g/mol. The van der Waals surface area contributed by atoms with Crippen LogP contribution in [0.5, 0.6) is 5.75 Å². The number of rotatable bonds is 4. The molecule has 18 heavy (non-hydrogen) atoms. The molecule has 0 spiro atoms. The van der Waals surface area contributed by atoms with E-state index in [9.17, 15) is 9.18 Å². The fourth-order valence-corrected chi connectivity index (χ4v) is 2.08. The van der Waals surface area contributed by atoms with Crippen LogP contribution in [-0.2, 0) is 6.61 Å². The minimum absolute atomic E-state index is 0.00111. The fourth-order valence-electron chi connectivity index (χ4n) is 1.22. The maximum Gasteiger partial charge on any atom is 0.365 e. The lowest BCUT2D eigenvalue weighted by molar-refractivity contribution is 0.0696. The third-order valence-corrected chi connectivity index (χ3v) is 3.18. The van der Waals surface area contributed by atoms with Gasteiger partial charge in [0.1, 0.15) is 18.2 Å². The van der Waals surface area contributed by atoms with E-state index in [2.05, 4.69) is 4.98 Å². The number of carbonyl (C=O) groups is 1. The zero-order valence-corrected chi connectivity index (χ0v) is 10.5. The van der Waals surface area contributed by atoms with Crippen molar-refractivity contribution in [2.24, 2.45) is 0 Å². The molecule has 0 bridgehead atoms. The average Bonchev–Trinajstić information content (AvgIpc) is 2.76. The molecular formula is C11H7ClFNO3S. The van der Waals surface area contributed by atoms with Crippen molar-refractivity contribution in [3.63, 3.8) is 0 Å². The molecule has 0 aliphatic rings. The number of benzene rings is 1. The van der Waals surface area contributed by atoms with Crippen LogP contribution in [0.25, 0.3) is 0 Å². The number of aromatic carboxylic acids is 1. The van der Waals surface area contributed by atoms with Gasteiger partial charge in [-0.25, -0.2) is 14.2 Å². The summed E-state index contributed by atoms with van der Waals surface area (Å²) >= 11 is 6.79. The SMILES string of the molecule is O=C(O)c1nc(COc2ccc(F)cc2Cl)cs1. The molecule has 7 heteroatoms. The number of nitrogens with zero attached hydrogens (tertiary/aromatic N) is 1. The number of hydrogen-bond acceptors (Lipinski definition) is 4. The van der Waals surface area contributed by atoms with E-state index >= 15 is 0 Å². The quantitative estimate of drug-likeness (QED) is 0.938. The van der Waals surface area contributed by atoms with Crippen molar-refractivity contribution >= 4 is 28.9 Å². The molecule has 1 N–H and O–H groups in total. The summed E-state index contributed by atoms with van der Waals surface area (Å²) in [7, 11) is 0. The maximum atomic E-state index is 12.8. The fraction of sp³-hybridized carbons (Fsp3) is 0.0909. The summed E-state index contributed by atoms with van der Waals surface area (Å²) in [5.74, 6) is -1.21. The van der Waals surface area contributed by atoms with Gasteiger partial charge in [-0.1, -0.05) is 11.6 Å². The highest BCUT2D eigenvalue weighted by Gasteiger charge is 2.10. The maximum absolute atomic E-state index is 12.8. The van der Waals surface area contributed by atoms with Crippen LogP contribution >= 0.6 is 22.9 Å². The van der Waals surface area contributed by atoms with E-state index < -0.39 is 11.8 Å². The van der Waals surface area contributed by atoms with Crippen LogP contribution in [0.15, 0.2) is 23.6 Å². The molecule has 0 amide bonds. The van der Waals surface area contributed by atoms with Gasteiger partial charge in [0.15, 0.2) is 0 Å². The number of halogens is 2. The zero-order valence-electron chi connectivity index (χ0n) is 8.89. The Morgan fingerprint density at radius 1 is 1.56 bits per heavy atom. The molecule has 1 aromatic carbocycles. The number of carboxylic acid groups (broad SMARTS) is 1. The Morgan fingerprint density at radius 3 is 2.94 bits per heavy atom. The summed E-state index contributed by atoms with van der Waals surface area (Å²) in [6.45, 7) is 0.0785. The third-order valence-electron chi connectivity index (χ3n) is 2.00. The highest BCUT2D eigenvalue weighted by molar-refractivity contribution is 7.11. The highest BCUT2D eigenvalue weighted by atomic mass is 35.5. The predicted octanol–water partition coefficient (Wildman–Crippen LogP) is 3.21. The minimum Gasteiger partial charge on any atom is -0.486 e. The van der Waals surface area contributed by atoms with Crippen LogP contribution in [-0.4, -0.2) is 16.1 Å². The highest BCUT2D eigenvalue weighted by Crippen LogP contribution is 2.25. The second-order valence-electron chi connectivity index (χ2n) is 3.31. The van der Waals surface area contributed by atoms with Crippen molar-refractivity contribution in [2.45, 2.75) is 6.61 Å². The molecule has 0 atom stereocenters. The molecule has 0 unspecified atom stereocenters. The standard InChI is InChI=1S/C11H7ClFNO3S/c12-8-3-6(13)1-2-9(8)17-4-7-5-18-10(14-7)11(15)16/h1-3,5H,4H2,(H,15,16). The van der Waals surface area contributed by atoms with Gasteiger partial charge >= 0.3 is 5.97 Å². The minimum atomic E-state index is -1.08. The van der Waals surface area contributed by atoms with E-state index in [0.717, 1.165) is 17.4 Å². The zero-order chi connectivity index (χ0) is 13.1. The molecular weight excluding hydrogens is 281 g/mol. The van der Waals surface area contributed by atoms with Crippen molar-refractivity contribution < 1.29 is 19.0 Å². The van der Waals surface area contributed by atoms with Crippen LogP contribution in [0.2, 0.25) is 5.02 Å². The molecule has 4 nitrogen and oxygen atoms in total. The summed E-state index contributed by atoms with van der Waals surface area (Å²) in [6.07, 6.45) is 0. The second kappa shape index (κ2) is 5.32. The first kappa shape index (κ1) is 12.8. The number of ether oxygens (including phenoxy) is 1. The van der Waals surface area contributed by atoms with Crippen molar-refractivity contribution in [3.05, 3.63) is 45.1 Å². The Hall–Kier alpha value is -1.66. The predicted molar refractivity (Wildman–Crippen MR) is 64.8 cm³/mol. The molecule has 1 heterocycles. The monoisotopic (exact) mass is 287 g/mol. The molecule has 2 aromatic rings. The van der Waals surface area contributed by atoms with Gasteiger partial charge in [-0.15, -0.1) is 11.3 Å². The Kier molecular flexibility index (Phi) is 3.78. The van der Waals surface area contributed by atoms with E-state index in [1.165, 1.54) is 12.1 Å². The van der Waals surface area contributed by atoms with Crippen LogP contribution in [0.3, 0.4) is 0 Å². The first-order valence-electron chi connectivity index (χ1n) is 4.82. The summed E-state index contributed by atoms with van der Waals surface area (Å²) < 4.78 is 18.1. The van der Waals surface area contributed by atoms with Crippen LogP contribution < -0.4 is 4.74 Å². The van der Waals surface area contributed by atoms with Crippen LogP contribution in [0.4, 0.5) is 4.39 Å². The molecule has 1 aromatic heterocycles. The molecule has 0 aliphatic carbocycles. The molecule has 94 valence electrons. The second-order valence-corrected chi connectivity index (χ2v) is 4.58. The normalized spacial score (nSPS) is 10.3. The van der Waals surface area contributed by atoms with E-state index in [1.54, 1.807) is 5.38 Å². The first-order valence-corrected chi connectivity index (χ1v) is 6.07. The first-order chi connectivity index (χ1) is 8.56. The molecule has 0 aliphatic heterocycles. The van der Waals surface area contributed by atoms with Gasteiger partial charge in [0.25, 0.3) is 0 Å². The van der Waals surface area contributed by atoms with E-state index in [0.29, 0.717) is 11.4 Å². The molecule has 2 rings (SSSR count). The molecule has 0 saturated heterocycles. The van der Waals surface area contributed by atoms with Crippen molar-refractivity contribution in [2.75, 3.05) is 0 Å². The van der Waals surface area contributed by atoms with Gasteiger partial charge in [0.05, 0.1) is 10.7 Å². The summed E-state index contributed by atoms with van der Waals surface area (Å²) in [5, 5.41) is 10.4. The largest absolute Gasteiger partial charge is 0.486 e. The van der Waals surface area contributed by atoms with E-state index in [4.69, 9.17) is 21.4 Å². The van der Waals surface area contributed by atoms with Gasteiger partial charge in [-0.05, 0) is 18.2 Å². The van der Waals surface area contributed by atoms with Gasteiger partial charge in [0, 0.05) is 5.38 Å². The van der Waals surface area contributed by atoms with Gasteiger partial charge < -0.3 is 9.84 Å². The van der Waals surface area contributed by atoms with E-state index in [1.807, 2.05) is 0 Å². The lowest BCUT2D eigenvalue weighted by Crippen LogP contribution is -1.99. The Labute approximate surface area is 111 Å². The molecule has 0 saturated carbocycles. The van der Waals surface area contributed by atoms with Crippen LogP contribution in [0.1, 0.15) is 15.5 Å². The number of aromatic nitrogens is 1. The van der Waals surface area contributed by atoms with E-state index in [-0.39, 0.29) is 16.6 Å². The number of hydrogen-bond donors (Lipinski definition) is 1. The summed E-state index contributed by atoms with van der Waals surface area (Å²) in [4.78, 5) is 14.5. The smallest absolute Gasteiger partial charge is 0.365 e. The Morgan fingerprint density at radius 2 is 2.33 bits per heavy atom. The number of carboxylic acids is 1. The van der Waals surface area contributed by atoms with Crippen molar-refractivity contribution in [1.82, 2.24) is 4.98 Å². The van der Waals surface area contributed by atoms with Crippen molar-refractivity contribution in [3.8, 4) is 5.75 Å². The van der Waals surface area contributed by atoms with Crippen LogP contribution in [0, 0.1) is 5.82 Å². The number of thiazole rings is 1. The van der Waals surface area contributed by atoms with Gasteiger partial charge in [-0.2, -0.15) is 0 Å². The Bertz CT molecular complexity index is 587. The lowest BCUT2D eigenvalue weighted by Gasteiger charge is -2.05. The summed E-state index contributed by atoms with van der Waals surface area (Å²) in [5.41, 5.74) is 0.484.